The van der Waals surface area contributed by atoms with Crippen LogP contribution in [0.15, 0.2) is 54.6 Å². The van der Waals surface area contributed by atoms with Crippen LogP contribution >= 0.6 is 0 Å². The summed E-state index contributed by atoms with van der Waals surface area (Å²) in [5.74, 6) is 2.36. The molecule has 1 fully saturated rings. The lowest BCUT2D eigenvalue weighted by Crippen LogP contribution is -2.36. The zero-order valence-corrected chi connectivity index (χ0v) is 16.1. The Hall–Kier alpha value is -3.39. The first-order valence-electron chi connectivity index (χ1n) is 9.35. The van der Waals surface area contributed by atoms with Gasteiger partial charge in [-0.3, -0.25) is 0 Å². The van der Waals surface area contributed by atoms with Gasteiger partial charge in [0.2, 0.25) is 5.95 Å². The molecule has 0 radical (unpaired) electrons. The molecule has 0 unspecified atom stereocenters. The lowest BCUT2D eigenvalue weighted by atomic mass is 10.3. The molecule has 1 saturated heterocycles. The molecule has 0 bridgehead atoms. The highest BCUT2D eigenvalue weighted by Crippen LogP contribution is 2.25. The maximum absolute atomic E-state index is 13.2. The summed E-state index contributed by atoms with van der Waals surface area (Å²) in [5.41, 5.74) is 1.59. The molecule has 1 aromatic heterocycles. The van der Waals surface area contributed by atoms with Gasteiger partial charge in [-0.1, -0.05) is 0 Å². The second kappa shape index (κ2) is 8.74. The largest absolute Gasteiger partial charge is 0.497 e. The second-order valence-electron chi connectivity index (χ2n) is 6.52. The lowest BCUT2D eigenvalue weighted by molar-refractivity contribution is 0.122. The summed E-state index contributed by atoms with van der Waals surface area (Å²) in [7, 11) is 1.63. The van der Waals surface area contributed by atoms with Crippen molar-refractivity contribution in [1.82, 2.24) is 9.97 Å². The van der Waals surface area contributed by atoms with E-state index in [9.17, 15) is 4.39 Å². The van der Waals surface area contributed by atoms with Gasteiger partial charge in [0.1, 0.15) is 23.2 Å². The molecule has 2 heterocycles. The van der Waals surface area contributed by atoms with Crippen LogP contribution in [0.5, 0.6) is 5.75 Å². The molecule has 3 aromatic rings. The zero-order chi connectivity index (χ0) is 20.1. The van der Waals surface area contributed by atoms with Crippen LogP contribution in [-0.2, 0) is 4.74 Å². The summed E-state index contributed by atoms with van der Waals surface area (Å²) >= 11 is 0. The van der Waals surface area contributed by atoms with E-state index in [1.54, 1.807) is 19.2 Å². The fourth-order valence-corrected chi connectivity index (χ4v) is 2.99. The predicted octanol–water partition coefficient (Wildman–Crippen LogP) is 3.95. The first-order valence-corrected chi connectivity index (χ1v) is 9.35. The summed E-state index contributed by atoms with van der Waals surface area (Å²) in [6.07, 6.45) is 0. The van der Waals surface area contributed by atoms with Gasteiger partial charge in [0.05, 0.1) is 20.3 Å². The summed E-state index contributed by atoms with van der Waals surface area (Å²) < 4.78 is 23.8. The lowest BCUT2D eigenvalue weighted by Gasteiger charge is -2.28. The molecule has 7 nitrogen and oxygen atoms in total. The molecule has 1 aliphatic rings. The molecule has 150 valence electrons. The topological polar surface area (TPSA) is 71.5 Å². The number of aromatic nitrogens is 2. The molecule has 1 aliphatic heterocycles. The van der Waals surface area contributed by atoms with E-state index >= 15 is 0 Å². The Morgan fingerprint density at radius 1 is 0.931 bits per heavy atom. The van der Waals surface area contributed by atoms with Crippen LogP contribution in [0.2, 0.25) is 0 Å². The van der Waals surface area contributed by atoms with Crippen molar-refractivity contribution in [2.24, 2.45) is 0 Å². The Bertz CT molecular complexity index is 944. The van der Waals surface area contributed by atoms with Crippen LogP contribution in [0.3, 0.4) is 0 Å². The van der Waals surface area contributed by atoms with Crippen LogP contribution in [0.25, 0.3) is 0 Å². The molecule has 8 heteroatoms. The van der Waals surface area contributed by atoms with Crippen LogP contribution in [0.1, 0.15) is 0 Å². The van der Waals surface area contributed by atoms with E-state index in [1.807, 2.05) is 30.3 Å². The number of nitrogens with one attached hydrogen (secondary N) is 2. The average Bonchev–Trinajstić information content (AvgIpc) is 2.76. The fourth-order valence-electron chi connectivity index (χ4n) is 2.99. The number of ether oxygens (including phenoxy) is 2. The van der Waals surface area contributed by atoms with Crippen LogP contribution in [-0.4, -0.2) is 43.4 Å². The van der Waals surface area contributed by atoms with Gasteiger partial charge >= 0.3 is 0 Å². The third-order valence-electron chi connectivity index (χ3n) is 4.51. The third-order valence-corrected chi connectivity index (χ3v) is 4.51. The Morgan fingerprint density at radius 3 is 2.28 bits per heavy atom. The number of hydrogen-bond donors (Lipinski definition) is 2. The molecule has 0 atom stereocenters. The first-order chi connectivity index (χ1) is 14.2. The van der Waals surface area contributed by atoms with E-state index in [1.165, 1.54) is 12.1 Å². The minimum Gasteiger partial charge on any atom is -0.497 e. The number of benzene rings is 2. The van der Waals surface area contributed by atoms with Crippen LogP contribution in [0, 0.1) is 5.82 Å². The molecule has 2 aromatic carbocycles. The van der Waals surface area contributed by atoms with Gasteiger partial charge in [0.15, 0.2) is 0 Å². The Balaban J connectivity index is 1.61. The predicted molar refractivity (Wildman–Crippen MR) is 111 cm³/mol. The van der Waals surface area contributed by atoms with Crippen molar-refractivity contribution >= 4 is 29.0 Å². The smallest absolute Gasteiger partial charge is 0.231 e. The van der Waals surface area contributed by atoms with Crippen molar-refractivity contribution in [3.8, 4) is 5.75 Å². The van der Waals surface area contributed by atoms with Crippen molar-refractivity contribution in [2.45, 2.75) is 0 Å². The maximum atomic E-state index is 13.2. The minimum atomic E-state index is -0.291. The quantitative estimate of drug-likeness (QED) is 0.655. The van der Waals surface area contributed by atoms with Gasteiger partial charge in [-0.05, 0) is 48.5 Å². The number of halogens is 1. The zero-order valence-electron chi connectivity index (χ0n) is 16.1. The van der Waals surface area contributed by atoms with Crippen LogP contribution in [0.4, 0.5) is 33.3 Å². The van der Waals surface area contributed by atoms with Gasteiger partial charge in [-0.2, -0.15) is 9.97 Å². The molecule has 0 spiro atoms. The van der Waals surface area contributed by atoms with Gasteiger partial charge in [0.25, 0.3) is 0 Å². The van der Waals surface area contributed by atoms with E-state index in [-0.39, 0.29) is 5.82 Å². The van der Waals surface area contributed by atoms with Gasteiger partial charge in [0, 0.05) is 30.5 Å². The van der Waals surface area contributed by atoms with Crippen molar-refractivity contribution < 1.29 is 13.9 Å². The molecule has 0 aliphatic carbocycles. The third kappa shape index (κ3) is 4.91. The van der Waals surface area contributed by atoms with Crippen LogP contribution < -0.4 is 20.3 Å². The molecule has 2 N–H and O–H groups in total. The highest BCUT2D eigenvalue weighted by Gasteiger charge is 2.15. The molecule has 29 heavy (non-hydrogen) atoms. The Kier molecular flexibility index (Phi) is 5.71. The molecular formula is C21H22FN5O2. The van der Waals surface area contributed by atoms with Crippen molar-refractivity contribution in [2.75, 3.05) is 48.9 Å². The van der Waals surface area contributed by atoms with Gasteiger partial charge in [-0.25, -0.2) is 4.39 Å². The molecule has 4 rings (SSSR count). The molecule has 0 amide bonds. The van der Waals surface area contributed by atoms with E-state index < -0.39 is 0 Å². The monoisotopic (exact) mass is 395 g/mol. The maximum Gasteiger partial charge on any atom is 0.231 e. The first kappa shape index (κ1) is 18.9. The number of rotatable bonds is 6. The second-order valence-corrected chi connectivity index (χ2v) is 6.52. The Labute approximate surface area is 168 Å². The van der Waals surface area contributed by atoms with Gasteiger partial charge < -0.3 is 25.0 Å². The number of nitrogens with zero attached hydrogens (tertiary/aromatic N) is 3. The molecule has 0 saturated carbocycles. The highest BCUT2D eigenvalue weighted by molar-refractivity contribution is 5.64. The average molecular weight is 395 g/mol. The van der Waals surface area contributed by atoms with E-state index in [0.29, 0.717) is 30.7 Å². The normalized spacial score (nSPS) is 13.8. The Morgan fingerprint density at radius 2 is 1.59 bits per heavy atom. The summed E-state index contributed by atoms with van der Waals surface area (Å²) in [6, 6.07) is 15.6. The van der Waals surface area contributed by atoms with Crippen molar-refractivity contribution in [1.29, 1.82) is 0 Å². The molecular weight excluding hydrogens is 373 g/mol. The number of hydrogen-bond acceptors (Lipinski definition) is 7. The minimum absolute atomic E-state index is 0.291. The summed E-state index contributed by atoms with van der Waals surface area (Å²) in [4.78, 5) is 11.4. The SMILES string of the molecule is COc1ccc(Nc2cc(N3CCOCC3)nc(Nc3ccc(F)cc3)n2)cc1. The van der Waals surface area contributed by atoms with Crippen molar-refractivity contribution in [3.63, 3.8) is 0 Å². The number of methoxy groups -OCH3 is 1. The number of morpholine rings is 1. The summed E-state index contributed by atoms with van der Waals surface area (Å²) in [6.45, 7) is 2.84. The standard InChI is InChI=1S/C21H22FN5O2/c1-28-18-8-6-16(7-9-18)23-19-14-20(27-10-12-29-13-11-27)26-21(25-19)24-17-4-2-15(22)3-5-17/h2-9,14H,10-13H2,1H3,(H2,23,24,25,26). The van der Waals surface area contributed by atoms with E-state index in [0.717, 1.165) is 30.3 Å². The fraction of sp³-hybridized carbons (Fsp3) is 0.238. The van der Waals surface area contributed by atoms with Gasteiger partial charge in [-0.15, -0.1) is 0 Å². The van der Waals surface area contributed by atoms with Crippen molar-refractivity contribution in [3.05, 3.63) is 60.4 Å². The van der Waals surface area contributed by atoms with E-state index in [4.69, 9.17) is 9.47 Å². The highest BCUT2D eigenvalue weighted by atomic mass is 19.1. The van der Waals surface area contributed by atoms with E-state index in [2.05, 4.69) is 25.5 Å². The summed E-state index contributed by atoms with van der Waals surface area (Å²) in [5, 5.41) is 6.45. The number of anilines is 5.